The third-order valence-electron chi connectivity index (χ3n) is 2.73. The predicted molar refractivity (Wildman–Crippen MR) is 68.8 cm³/mol. The van der Waals surface area contributed by atoms with Gasteiger partial charge in [0.25, 0.3) is 11.5 Å². The number of rotatable bonds is 3. The molecule has 100 valence electrons. The van der Waals surface area contributed by atoms with Crippen molar-refractivity contribution in [3.8, 4) is 0 Å². The first-order valence-corrected chi connectivity index (χ1v) is 5.89. The van der Waals surface area contributed by atoms with Crippen molar-refractivity contribution < 1.29 is 9.21 Å². The highest BCUT2D eigenvalue weighted by Crippen LogP contribution is 2.15. The molecule has 2 aromatic heterocycles. The third-order valence-corrected chi connectivity index (χ3v) is 2.73. The molecule has 6 heteroatoms. The molecule has 1 N–H and O–H groups in total. The van der Waals surface area contributed by atoms with Crippen molar-refractivity contribution in [2.45, 2.75) is 19.9 Å². The molecule has 0 bridgehead atoms. The number of hydrogen-bond acceptors (Lipinski definition) is 4. The molecule has 0 aliphatic carbocycles. The lowest BCUT2D eigenvalue weighted by molar-refractivity contribution is 0.0927. The van der Waals surface area contributed by atoms with Crippen molar-refractivity contribution in [3.63, 3.8) is 0 Å². The monoisotopic (exact) mass is 261 g/mol. The van der Waals surface area contributed by atoms with E-state index in [2.05, 4.69) is 10.4 Å². The molecule has 0 aliphatic heterocycles. The Labute approximate surface area is 110 Å². The minimum absolute atomic E-state index is 0.192. The van der Waals surface area contributed by atoms with E-state index in [0.717, 1.165) is 10.4 Å². The van der Waals surface area contributed by atoms with Gasteiger partial charge in [-0.3, -0.25) is 9.59 Å². The predicted octanol–water partition coefficient (Wildman–Crippen LogP) is 1.17. The third kappa shape index (κ3) is 2.90. The molecule has 0 fully saturated rings. The van der Waals surface area contributed by atoms with E-state index in [0.29, 0.717) is 5.76 Å². The summed E-state index contributed by atoms with van der Waals surface area (Å²) in [5.74, 6) is 1.11. The van der Waals surface area contributed by atoms with E-state index in [1.165, 1.54) is 19.2 Å². The van der Waals surface area contributed by atoms with Crippen LogP contribution in [0.2, 0.25) is 0 Å². The van der Waals surface area contributed by atoms with E-state index < -0.39 is 0 Å². The van der Waals surface area contributed by atoms with Crippen LogP contribution in [-0.4, -0.2) is 15.7 Å². The molecule has 0 radical (unpaired) electrons. The highest BCUT2D eigenvalue weighted by molar-refractivity contribution is 5.92. The number of nitrogens with zero attached hydrogens (tertiary/aromatic N) is 2. The maximum absolute atomic E-state index is 12.0. The molecule has 1 atom stereocenters. The summed E-state index contributed by atoms with van der Waals surface area (Å²) >= 11 is 0. The number of aryl methyl sites for hydroxylation is 2. The summed E-state index contributed by atoms with van der Waals surface area (Å²) in [6.45, 7) is 3.66. The lowest BCUT2D eigenvalue weighted by Gasteiger charge is -2.11. The van der Waals surface area contributed by atoms with Gasteiger partial charge in [0, 0.05) is 13.1 Å². The van der Waals surface area contributed by atoms with Crippen molar-refractivity contribution >= 4 is 5.91 Å². The molecule has 1 unspecified atom stereocenters. The van der Waals surface area contributed by atoms with E-state index in [1.807, 2.05) is 26.0 Å². The zero-order valence-electron chi connectivity index (χ0n) is 11.0. The number of furan rings is 1. The first-order chi connectivity index (χ1) is 8.97. The topological polar surface area (TPSA) is 77.1 Å². The van der Waals surface area contributed by atoms with Crippen LogP contribution in [0.4, 0.5) is 0 Å². The number of carbonyl (C=O) groups is 1. The van der Waals surface area contributed by atoms with Crippen LogP contribution >= 0.6 is 0 Å². The Morgan fingerprint density at radius 3 is 2.68 bits per heavy atom. The zero-order chi connectivity index (χ0) is 14.0. The maximum atomic E-state index is 12.0. The van der Waals surface area contributed by atoms with Gasteiger partial charge in [0.1, 0.15) is 17.2 Å². The molecule has 0 saturated heterocycles. The standard InChI is InChI=1S/C13H15N3O3/c1-8-4-6-11(19-8)9(2)14-13(18)10-5-7-12(17)16(3)15-10/h4-7,9H,1-3H3,(H,14,18). The molecule has 0 aliphatic rings. The molecule has 0 saturated carbocycles. The van der Waals surface area contributed by atoms with E-state index in [1.54, 1.807) is 0 Å². The van der Waals surface area contributed by atoms with E-state index >= 15 is 0 Å². The first-order valence-electron chi connectivity index (χ1n) is 5.89. The fraction of sp³-hybridized carbons (Fsp3) is 0.308. The van der Waals surface area contributed by atoms with Crippen molar-refractivity contribution in [2.24, 2.45) is 7.05 Å². The number of amides is 1. The van der Waals surface area contributed by atoms with E-state index in [9.17, 15) is 9.59 Å². The van der Waals surface area contributed by atoms with Crippen LogP contribution in [-0.2, 0) is 7.05 Å². The largest absolute Gasteiger partial charge is 0.464 e. The van der Waals surface area contributed by atoms with Crippen LogP contribution in [0.3, 0.4) is 0 Å². The minimum atomic E-state index is -0.350. The van der Waals surface area contributed by atoms with Gasteiger partial charge in [-0.2, -0.15) is 5.10 Å². The second-order valence-electron chi connectivity index (χ2n) is 4.32. The first kappa shape index (κ1) is 13.1. The Morgan fingerprint density at radius 1 is 1.37 bits per heavy atom. The summed E-state index contributed by atoms with van der Waals surface area (Å²) in [5.41, 5.74) is -0.0662. The highest BCUT2D eigenvalue weighted by atomic mass is 16.3. The molecular weight excluding hydrogens is 246 g/mol. The number of nitrogens with one attached hydrogen (secondary N) is 1. The quantitative estimate of drug-likeness (QED) is 0.899. The van der Waals surface area contributed by atoms with Gasteiger partial charge in [-0.25, -0.2) is 4.68 Å². The van der Waals surface area contributed by atoms with Crippen LogP contribution in [0.5, 0.6) is 0 Å². The van der Waals surface area contributed by atoms with Crippen LogP contribution in [0.15, 0.2) is 33.5 Å². The van der Waals surface area contributed by atoms with Crippen LogP contribution in [0, 0.1) is 6.92 Å². The normalized spacial score (nSPS) is 12.2. The molecule has 2 heterocycles. The summed E-state index contributed by atoms with van der Waals surface area (Å²) in [4.78, 5) is 23.2. The summed E-state index contributed by atoms with van der Waals surface area (Å²) in [6, 6.07) is 6.10. The lowest BCUT2D eigenvalue weighted by atomic mass is 10.2. The highest BCUT2D eigenvalue weighted by Gasteiger charge is 2.15. The van der Waals surface area contributed by atoms with Crippen LogP contribution < -0.4 is 10.9 Å². The molecular formula is C13H15N3O3. The van der Waals surface area contributed by atoms with Crippen molar-refractivity contribution in [1.82, 2.24) is 15.1 Å². The Kier molecular flexibility index (Phi) is 3.50. The van der Waals surface area contributed by atoms with Gasteiger partial charge in [-0.05, 0) is 32.0 Å². The molecule has 19 heavy (non-hydrogen) atoms. The van der Waals surface area contributed by atoms with Gasteiger partial charge in [-0.15, -0.1) is 0 Å². The van der Waals surface area contributed by atoms with Crippen LogP contribution in [0.1, 0.15) is 35.0 Å². The van der Waals surface area contributed by atoms with Gasteiger partial charge in [0.05, 0.1) is 6.04 Å². The summed E-state index contributed by atoms with van der Waals surface area (Å²) < 4.78 is 6.56. The van der Waals surface area contributed by atoms with E-state index in [-0.39, 0.29) is 23.2 Å². The van der Waals surface area contributed by atoms with Gasteiger partial charge in [0.2, 0.25) is 0 Å². The van der Waals surface area contributed by atoms with Crippen molar-refractivity contribution in [2.75, 3.05) is 0 Å². The van der Waals surface area contributed by atoms with Gasteiger partial charge in [-0.1, -0.05) is 0 Å². The fourth-order valence-corrected chi connectivity index (χ4v) is 1.65. The number of hydrogen-bond donors (Lipinski definition) is 1. The molecule has 2 rings (SSSR count). The Morgan fingerprint density at radius 2 is 2.11 bits per heavy atom. The second-order valence-corrected chi connectivity index (χ2v) is 4.32. The van der Waals surface area contributed by atoms with Gasteiger partial charge < -0.3 is 9.73 Å². The zero-order valence-corrected chi connectivity index (χ0v) is 11.0. The van der Waals surface area contributed by atoms with Gasteiger partial charge in [0.15, 0.2) is 0 Å². The summed E-state index contributed by atoms with van der Waals surface area (Å²) in [6.07, 6.45) is 0. The number of carbonyl (C=O) groups excluding carboxylic acids is 1. The van der Waals surface area contributed by atoms with Crippen molar-refractivity contribution in [1.29, 1.82) is 0 Å². The smallest absolute Gasteiger partial charge is 0.272 e. The molecule has 6 nitrogen and oxygen atoms in total. The average molecular weight is 261 g/mol. The summed E-state index contributed by atoms with van der Waals surface area (Å²) in [5, 5.41) is 6.65. The van der Waals surface area contributed by atoms with Crippen molar-refractivity contribution in [3.05, 3.63) is 51.8 Å². The number of aromatic nitrogens is 2. The Hall–Kier alpha value is -2.37. The second kappa shape index (κ2) is 5.09. The van der Waals surface area contributed by atoms with E-state index in [4.69, 9.17) is 4.42 Å². The Bertz CT molecular complexity index is 657. The average Bonchev–Trinajstić information content (AvgIpc) is 2.79. The lowest BCUT2D eigenvalue weighted by Crippen LogP contribution is -2.30. The summed E-state index contributed by atoms with van der Waals surface area (Å²) in [7, 11) is 1.50. The molecule has 2 aromatic rings. The maximum Gasteiger partial charge on any atom is 0.272 e. The molecule has 0 spiro atoms. The SMILES string of the molecule is Cc1ccc(C(C)NC(=O)c2ccc(=O)n(C)n2)o1. The van der Waals surface area contributed by atoms with Crippen LogP contribution in [0.25, 0.3) is 0 Å². The van der Waals surface area contributed by atoms with Gasteiger partial charge >= 0.3 is 0 Å². The minimum Gasteiger partial charge on any atom is -0.464 e. The molecule has 0 aromatic carbocycles. The fourth-order valence-electron chi connectivity index (χ4n) is 1.65. The molecule has 1 amide bonds. The Balaban J connectivity index is 2.12.